The van der Waals surface area contributed by atoms with Gasteiger partial charge in [0.25, 0.3) is 0 Å². The summed E-state index contributed by atoms with van der Waals surface area (Å²) in [5.41, 5.74) is 0. The summed E-state index contributed by atoms with van der Waals surface area (Å²) in [7, 11) is 0. The molecular formula is C14H17NO5. The zero-order valence-corrected chi connectivity index (χ0v) is 11.0. The van der Waals surface area contributed by atoms with Gasteiger partial charge in [0.15, 0.2) is 0 Å². The largest absolute Gasteiger partial charge is 0.478 e. The second-order valence-corrected chi connectivity index (χ2v) is 4.46. The first-order chi connectivity index (χ1) is 9.66. The maximum atomic E-state index is 12.0. The van der Waals surface area contributed by atoms with Gasteiger partial charge in [-0.25, -0.2) is 4.79 Å². The van der Waals surface area contributed by atoms with Crippen molar-refractivity contribution in [1.82, 2.24) is 4.90 Å². The molecule has 1 aromatic carbocycles. The van der Waals surface area contributed by atoms with Crippen molar-refractivity contribution in [1.29, 1.82) is 0 Å². The summed E-state index contributed by atoms with van der Waals surface area (Å²) in [6.45, 7) is 1.97. The van der Waals surface area contributed by atoms with Crippen molar-refractivity contribution in [3.8, 4) is 5.75 Å². The molecule has 20 heavy (non-hydrogen) atoms. The number of ether oxygens (including phenoxy) is 2. The van der Waals surface area contributed by atoms with Crippen molar-refractivity contribution in [3.05, 3.63) is 30.3 Å². The maximum Gasteiger partial charge on any atom is 0.345 e. The van der Waals surface area contributed by atoms with Gasteiger partial charge in [-0.2, -0.15) is 0 Å². The Labute approximate surface area is 116 Å². The lowest BCUT2D eigenvalue weighted by Crippen LogP contribution is -2.43. The highest BCUT2D eigenvalue weighted by molar-refractivity contribution is 5.84. The smallest absolute Gasteiger partial charge is 0.345 e. The molecule has 0 saturated carbocycles. The predicted octanol–water partition coefficient (Wildman–Crippen LogP) is 0.767. The van der Waals surface area contributed by atoms with Crippen LogP contribution in [-0.2, 0) is 14.3 Å². The van der Waals surface area contributed by atoms with Crippen LogP contribution in [-0.4, -0.2) is 54.3 Å². The molecule has 0 spiro atoms. The summed E-state index contributed by atoms with van der Waals surface area (Å²) in [5, 5.41) is 9.16. The van der Waals surface area contributed by atoms with Crippen LogP contribution in [0.2, 0.25) is 0 Å². The molecule has 108 valence electrons. The van der Waals surface area contributed by atoms with Crippen molar-refractivity contribution in [2.24, 2.45) is 0 Å². The number of hydrogen-bond donors (Lipinski definition) is 1. The minimum atomic E-state index is -1.17. The van der Waals surface area contributed by atoms with Crippen LogP contribution in [0.5, 0.6) is 5.75 Å². The average molecular weight is 279 g/mol. The van der Waals surface area contributed by atoms with E-state index >= 15 is 0 Å². The molecule has 0 bridgehead atoms. The third-order valence-corrected chi connectivity index (χ3v) is 3.02. The number of carboxylic acids is 1. The van der Waals surface area contributed by atoms with Gasteiger partial charge in [-0.3, -0.25) is 4.79 Å². The fourth-order valence-electron chi connectivity index (χ4n) is 1.94. The van der Waals surface area contributed by atoms with E-state index in [1.807, 2.05) is 6.07 Å². The monoisotopic (exact) mass is 279 g/mol. The number of amides is 1. The molecule has 0 radical (unpaired) electrons. The Hall–Kier alpha value is -2.08. The van der Waals surface area contributed by atoms with Gasteiger partial charge in [0, 0.05) is 13.1 Å². The summed E-state index contributed by atoms with van der Waals surface area (Å²) in [5.74, 6) is -0.929. The molecule has 6 heteroatoms. The number of carbonyl (C=O) groups excluding carboxylic acids is 1. The van der Waals surface area contributed by atoms with E-state index < -0.39 is 12.1 Å². The third kappa shape index (κ3) is 3.96. The summed E-state index contributed by atoms with van der Waals surface area (Å²) in [4.78, 5) is 24.8. The second-order valence-electron chi connectivity index (χ2n) is 4.46. The number of carboxylic acid groups (broad SMARTS) is 1. The molecule has 0 aromatic heterocycles. The Morgan fingerprint density at radius 1 is 1.25 bits per heavy atom. The van der Waals surface area contributed by atoms with Gasteiger partial charge in [-0.1, -0.05) is 18.2 Å². The number of rotatable bonds is 5. The Morgan fingerprint density at radius 3 is 2.50 bits per heavy atom. The molecule has 2 rings (SSSR count). The molecule has 1 aliphatic heterocycles. The van der Waals surface area contributed by atoms with Crippen LogP contribution >= 0.6 is 0 Å². The molecular weight excluding hydrogens is 262 g/mol. The Balaban J connectivity index is 1.95. The van der Waals surface area contributed by atoms with Crippen molar-refractivity contribution < 1.29 is 24.2 Å². The highest BCUT2D eigenvalue weighted by atomic mass is 16.5. The molecule has 1 aliphatic rings. The van der Waals surface area contributed by atoms with Crippen molar-refractivity contribution in [3.63, 3.8) is 0 Å². The van der Waals surface area contributed by atoms with Gasteiger partial charge in [0.1, 0.15) is 5.75 Å². The summed E-state index contributed by atoms with van der Waals surface area (Å²) < 4.78 is 10.5. The number of carbonyl (C=O) groups is 2. The average Bonchev–Trinajstić information content (AvgIpc) is 2.48. The van der Waals surface area contributed by atoms with Gasteiger partial charge in [0.2, 0.25) is 12.0 Å². The zero-order valence-electron chi connectivity index (χ0n) is 11.0. The second kappa shape index (κ2) is 6.91. The predicted molar refractivity (Wildman–Crippen MR) is 70.5 cm³/mol. The van der Waals surface area contributed by atoms with E-state index in [0.717, 1.165) is 0 Å². The van der Waals surface area contributed by atoms with Gasteiger partial charge in [-0.15, -0.1) is 0 Å². The minimum Gasteiger partial charge on any atom is -0.478 e. The lowest BCUT2D eigenvalue weighted by Gasteiger charge is -2.27. The SMILES string of the molecule is O=C(O)C(CC(=O)N1CCOCC1)Oc1ccccc1. The molecule has 1 atom stereocenters. The normalized spacial score (nSPS) is 16.5. The number of hydrogen-bond acceptors (Lipinski definition) is 4. The first-order valence-electron chi connectivity index (χ1n) is 6.47. The molecule has 1 fully saturated rings. The lowest BCUT2D eigenvalue weighted by molar-refractivity contribution is -0.150. The minimum absolute atomic E-state index is 0.176. The highest BCUT2D eigenvalue weighted by Gasteiger charge is 2.27. The van der Waals surface area contributed by atoms with Crippen molar-refractivity contribution in [2.45, 2.75) is 12.5 Å². The summed E-state index contributed by atoms with van der Waals surface area (Å²) in [6, 6.07) is 8.63. The maximum absolute atomic E-state index is 12.0. The fraction of sp³-hybridized carbons (Fsp3) is 0.429. The highest BCUT2D eigenvalue weighted by Crippen LogP contribution is 2.14. The molecule has 1 saturated heterocycles. The number of aliphatic carboxylic acids is 1. The molecule has 6 nitrogen and oxygen atoms in total. The molecule has 1 heterocycles. The van der Waals surface area contributed by atoms with Crippen LogP contribution in [0, 0.1) is 0 Å². The van der Waals surface area contributed by atoms with E-state index in [9.17, 15) is 9.59 Å². The number of morpholine rings is 1. The van der Waals surface area contributed by atoms with Gasteiger partial charge in [0.05, 0.1) is 19.6 Å². The first-order valence-corrected chi connectivity index (χ1v) is 6.47. The Morgan fingerprint density at radius 2 is 1.90 bits per heavy atom. The first kappa shape index (κ1) is 14.3. The topological polar surface area (TPSA) is 76.1 Å². The molecule has 1 aromatic rings. The van der Waals surface area contributed by atoms with Crippen molar-refractivity contribution in [2.75, 3.05) is 26.3 Å². The molecule has 1 N–H and O–H groups in total. The Bertz CT molecular complexity index is 456. The van der Waals surface area contributed by atoms with Crippen LogP contribution in [0.15, 0.2) is 30.3 Å². The van der Waals surface area contributed by atoms with Crippen molar-refractivity contribution >= 4 is 11.9 Å². The van der Waals surface area contributed by atoms with E-state index in [1.165, 1.54) is 0 Å². The van der Waals surface area contributed by atoms with Gasteiger partial charge >= 0.3 is 5.97 Å². The van der Waals surface area contributed by atoms with Crippen LogP contribution < -0.4 is 4.74 Å². The molecule has 0 aliphatic carbocycles. The summed E-state index contributed by atoms with van der Waals surface area (Å²) in [6.07, 6.45) is -1.35. The third-order valence-electron chi connectivity index (χ3n) is 3.02. The van der Waals surface area contributed by atoms with Crippen LogP contribution in [0.4, 0.5) is 0 Å². The molecule has 1 unspecified atom stereocenters. The van der Waals surface area contributed by atoms with Crippen LogP contribution in [0.3, 0.4) is 0 Å². The quantitative estimate of drug-likeness (QED) is 0.861. The molecule has 1 amide bonds. The van der Waals surface area contributed by atoms with E-state index in [4.69, 9.17) is 14.6 Å². The number of nitrogens with zero attached hydrogens (tertiary/aromatic N) is 1. The van der Waals surface area contributed by atoms with E-state index in [2.05, 4.69) is 0 Å². The number of benzene rings is 1. The van der Waals surface area contributed by atoms with E-state index in [-0.39, 0.29) is 12.3 Å². The van der Waals surface area contributed by atoms with E-state index in [1.54, 1.807) is 29.2 Å². The van der Waals surface area contributed by atoms with Crippen LogP contribution in [0.25, 0.3) is 0 Å². The van der Waals surface area contributed by atoms with Gasteiger partial charge < -0.3 is 19.5 Å². The van der Waals surface area contributed by atoms with Gasteiger partial charge in [-0.05, 0) is 12.1 Å². The lowest BCUT2D eigenvalue weighted by atomic mass is 10.2. The van der Waals surface area contributed by atoms with E-state index in [0.29, 0.717) is 32.1 Å². The zero-order chi connectivity index (χ0) is 14.4. The number of para-hydroxylation sites is 1. The standard InChI is InChI=1S/C14H17NO5/c16-13(15-6-8-19-9-7-15)10-12(14(17)18)20-11-4-2-1-3-5-11/h1-5,12H,6-10H2,(H,17,18). The Kier molecular flexibility index (Phi) is 4.95. The fourth-order valence-corrected chi connectivity index (χ4v) is 1.94. The van der Waals surface area contributed by atoms with Crippen LogP contribution in [0.1, 0.15) is 6.42 Å². The summed E-state index contributed by atoms with van der Waals surface area (Å²) >= 11 is 0.